The van der Waals surface area contributed by atoms with E-state index in [-0.39, 0.29) is 12.3 Å². The molecule has 6 nitrogen and oxygen atoms in total. The molecule has 0 aliphatic carbocycles. The van der Waals surface area contributed by atoms with Gasteiger partial charge in [-0.3, -0.25) is 9.59 Å². The molecule has 1 atom stereocenters. The number of ketones is 1. The van der Waals surface area contributed by atoms with Crippen molar-refractivity contribution in [1.82, 2.24) is 4.98 Å². The van der Waals surface area contributed by atoms with Crippen molar-refractivity contribution < 1.29 is 23.8 Å². The zero-order chi connectivity index (χ0) is 21.0. The number of hydrogen-bond acceptors (Lipinski definition) is 6. The van der Waals surface area contributed by atoms with Crippen LogP contribution in [0.25, 0.3) is 0 Å². The lowest BCUT2D eigenvalue weighted by molar-refractivity contribution is -0.140. The summed E-state index contributed by atoms with van der Waals surface area (Å²) in [6.45, 7) is 0. The minimum atomic E-state index is -1.39. The van der Waals surface area contributed by atoms with E-state index in [0.29, 0.717) is 21.3 Å². The van der Waals surface area contributed by atoms with Crippen molar-refractivity contribution in [3.05, 3.63) is 75.3 Å². The maximum atomic E-state index is 13.1. The molecule has 2 aromatic heterocycles. The van der Waals surface area contributed by atoms with Crippen LogP contribution >= 0.6 is 22.9 Å². The number of aromatic nitrogens is 1. The highest BCUT2D eigenvalue weighted by Crippen LogP contribution is 2.35. The van der Waals surface area contributed by atoms with E-state index >= 15 is 0 Å². The minimum Gasteiger partial charge on any atom is -0.481 e. The Morgan fingerprint density at radius 1 is 1.24 bits per heavy atom. The van der Waals surface area contributed by atoms with Crippen molar-refractivity contribution in [2.75, 3.05) is 0 Å². The average molecular weight is 435 g/mol. The van der Waals surface area contributed by atoms with Gasteiger partial charge >= 0.3 is 5.97 Å². The zero-order valence-corrected chi connectivity index (χ0v) is 16.5. The highest BCUT2D eigenvalue weighted by molar-refractivity contribution is 7.14. The molecule has 0 amide bonds. The standard InChI is InChI=1S/C20H16ClFN2O4S/c21-17-8-12(11-29-17)20(23,10-14(25)9-19(26)27)16-2-1-3-18(24-16)28-15-6-4-13(22)5-7-15/h1-8,11H,9-10,23H2,(H,26,27). The third-order valence-corrected chi connectivity index (χ3v) is 5.21. The molecule has 3 aromatic rings. The summed E-state index contributed by atoms with van der Waals surface area (Å²) in [4.78, 5) is 27.6. The molecule has 0 bridgehead atoms. The van der Waals surface area contributed by atoms with Gasteiger partial charge in [-0.2, -0.15) is 0 Å². The fraction of sp³-hybridized carbons (Fsp3) is 0.150. The Kier molecular flexibility index (Phi) is 6.26. The van der Waals surface area contributed by atoms with E-state index < -0.39 is 29.5 Å². The molecule has 29 heavy (non-hydrogen) atoms. The van der Waals surface area contributed by atoms with Gasteiger partial charge < -0.3 is 15.6 Å². The number of pyridine rings is 1. The average Bonchev–Trinajstić information content (AvgIpc) is 3.10. The Hall–Kier alpha value is -2.81. The zero-order valence-electron chi connectivity index (χ0n) is 15.0. The van der Waals surface area contributed by atoms with Crippen LogP contribution in [0.3, 0.4) is 0 Å². The number of halogens is 2. The Labute approximate surface area is 174 Å². The highest BCUT2D eigenvalue weighted by atomic mass is 35.5. The molecule has 150 valence electrons. The molecule has 2 heterocycles. The summed E-state index contributed by atoms with van der Waals surface area (Å²) in [6, 6.07) is 11.9. The lowest BCUT2D eigenvalue weighted by Gasteiger charge is -2.28. The summed E-state index contributed by atoms with van der Waals surface area (Å²) < 4.78 is 19.2. The monoisotopic (exact) mass is 434 g/mol. The van der Waals surface area contributed by atoms with Crippen molar-refractivity contribution in [3.8, 4) is 11.6 Å². The summed E-state index contributed by atoms with van der Waals surface area (Å²) in [5.41, 5.74) is 6.04. The molecule has 3 N–H and O–H groups in total. The molecule has 0 aliphatic rings. The maximum Gasteiger partial charge on any atom is 0.310 e. The fourth-order valence-corrected chi connectivity index (χ4v) is 3.73. The van der Waals surface area contributed by atoms with Gasteiger partial charge in [0.25, 0.3) is 0 Å². The number of carboxylic acids is 1. The fourth-order valence-electron chi connectivity index (χ4n) is 2.77. The molecule has 0 saturated heterocycles. The largest absolute Gasteiger partial charge is 0.481 e. The van der Waals surface area contributed by atoms with Crippen LogP contribution < -0.4 is 10.5 Å². The molecule has 1 unspecified atom stereocenters. The lowest BCUT2D eigenvalue weighted by atomic mass is 9.83. The number of rotatable bonds is 8. The van der Waals surface area contributed by atoms with Gasteiger partial charge in [0.05, 0.1) is 15.6 Å². The van der Waals surface area contributed by atoms with Crippen LogP contribution in [-0.2, 0) is 15.1 Å². The first kappa shape index (κ1) is 20.9. The molecule has 0 saturated carbocycles. The normalized spacial score (nSPS) is 12.9. The Bertz CT molecular complexity index is 1040. The van der Waals surface area contributed by atoms with Gasteiger partial charge in [-0.25, -0.2) is 9.37 Å². The molecule has 3 rings (SSSR count). The SMILES string of the molecule is NC(CC(=O)CC(=O)O)(c1csc(Cl)c1)c1cccc(Oc2ccc(F)cc2)n1. The molecule has 0 fully saturated rings. The number of nitrogens with zero attached hydrogens (tertiary/aromatic N) is 1. The van der Waals surface area contributed by atoms with Crippen LogP contribution in [-0.4, -0.2) is 21.8 Å². The number of ether oxygens (including phenoxy) is 1. The highest BCUT2D eigenvalue weighted by Gasteiger charge is 2.35. The van der Waals surface area contributed by atoms with E-state index in [0.717, 1.165) is 0 Å². The minimum absolute atomic E-state index is 0.191. The van der Waals surface area contributed by atoms with Crippen molar-refractivity contribution in [2.24, 2.45) is 5.73 Å². The van der Waals surface area contributed by atoms with Gasteiger partial charge in [-0.15, -0.1) is 11.3 Å². The summed E-state index contributed by atoms with van der Waals surface area (Å²) in [5.74, 6) is -1.61. The second-order valence-corrected chi connectivity index (χ2v) is 7.86. The Morgan fingerprint density at radius 3 is 2.59 bits per heavy atom. The number of carboxylic acid groups (broad SMARTS) is 1. The first-order chi connectivity index (χ1) is 13.8. The third kappa shape index (κ3) is 5.17. The van der Waals surface area contributed by atoms with Crippen LogP contribution in [0, 0.1) is 5.82 Å². The molecule has 0 aliphatic heterocycles. The quantitative estimate of drug-likeness (QED) is 0.510. The molecule has 0 radical (unpaired) electrons. The van der Waals surface area contributed by atoms with Gasteiger partial charge in [-0.05, 0) is 47.3 Å². The van der Waals surface area contributed by atoms with Gasteiger partial charge in [0.15, 0.2) is 0 Å². The van der Waals surface area contributed by atoms with Crippen molar-refractivity contribution >= 4 is 34.7 Å². The van der Waals surface area contributed by atoms with Crippen LogP contribution in [0.2, 0.25) is 4.34 Å². The molecule has 9 heteroatoms. The number of Topliss-reactive ketones (excluding diaryl/α,β-unsaturated/α-hetero) is 1. The number of carbonyl (C=O) groups excluding carboxylic acids is 1. The number of benzene rings is 1. The first-order valence-corrected chi connectivity index (χ1v) is 9.70. The number of hydrogen-bond donors (Lipinski definition) is 2. The lowest BCUT2D eigenvalue weighted by Crippen LogP contribution is -2.41. The number of thiophene rings is 1. The van der Waals surface area contributed by atoms with Gasteiger partial charge in [0.1, 0.15) is 23.8 Å². The molecule has 0 spiro atoms. The first-order valence-electron chi connectivity index (χ1n) is 8.44. The van der Waals surface area contributed by atoms with E-state index in [1.54, 1.807) is 29.6 Å². The van der Waals surface area contributed by atoms with E-state index in [9.17, 15) is 14.0 Å². The third-order valence-electron chi connectivity index (χ3n) is 4.12. The van der Waals surface area contributed by atoms with E-state index in [1.807, 2.05) is 0 Å². The molecular formula is C20H16ClFN2O4S. The van der Waals surface area contributed by atoms with Crippen molar-refractivity contribution in [2.45, 2.75) is 18.4 Å². The predicted octanol–water partition coefficient (Wildman–Crippen LogP) is 4.36. The topological polar surface area (TPSA) is 103 Å². The number of carbonyl (C=O) groups is 2. The summed E-state index contributed by atoms with van der Waals surface area (Å²) in [6.07, 6.45) is -0.929. The van der Waals surface area contributed by atoms with E-state index in [4.69, 9.17) is 27.2 Å². The van der Waals surface area contributed by atoms with Crippen LogP contribution in [0.1, 0.15) is 24.1 Å². The smallest absolute Gasteiger partial charge is 0.310 e. The van der Waals surface area contributed by atoms with Crippen LogP contribution in [0.5, 0.6) is 11.6 Å². The summed E-state index contributed by atoms with van der Waals surface area (Å²) in [5, 5.41) is 10.6. The van der Waals surface area contributed by atoms with Crippen molar-refractivity contribution in [1.29, 1.82) is 0 Å². The Balaban J connectivity index is 1.96. The summed E-state index contributed by atoms with van der Waals surface area (Å²) >= 11 is 7.27. The Morgan fingerprint density at radius 2 is 1.97 bits per heavy atom. The second-order valence-electron chi connectivity index (χ2n) is 6.31. The van der Waals surface area contributed by atoms with Gasteiger partial charge in [-0.1, -0.05) is 17.7 Å². The van der Waals surface area contributed by atoms with E-state index in [2.05, 4.69) is 4.98 Å². The molecule has 1 aromatic carbocycles. The van der Waals surface area contributed by atoms with Crippen LogP contribution in [0.15, 0.2) is 53.9 Å². The van der Waals surface area contributed by atoms with E-state index in [1.165, 1.54) is 35.6 Å². The molecular weight excluding hydrogens is 419 g/mol. The number of nitrogens with two attached hydrogens (primary N) is 1. The van der Waals surface area contributed by atoms with Gasteiger partial charge in [0.2, 0.25) is 5.88 Å². The summed E-state index contributed by atoms with van der Waals surface area (Å²) in [7, 11) is 0. The van der Waals surface area contributed by atoms with Gasteiger partial charge in [0, 0.05) is 12.5 Å². The second kappa shape index (κ2) is 8.69. The maximum absolute atomic E-state index is 13.1. The predicted molar refractivity (Wildman–Crippen MR) is 107 cm³/mol. The van der Waals surface area contributed by atoms with Crippen molar-refractivity contribution in [3.63, 3.8) is 0 Å². The van der Waals surface area contributed by atoms with Crippen LogP contribution in [0.4, 0.5) is 4.39 Å². The number of aliphatic carboxylic acids is 1.